The molecule has 1 atom stereocenters. The summed E-state index contributed by atoms with van der Waals surface area (Å²) in [6, 6.07) is 1.55. The Balaban J connectivity index is 2.45. The highest BCUT2D eigenvalue weighted by Crippen LogP contribution is 2.04. The van der Waals surface area contributed by atoms with Gasteiger partial charge in [0.1, 0.15) is 17.7 Å². The standard InChI is InChI=1S/C8H11F2N3O/c1-5-11-3-2-7(13-5)12-4-6(14)8(9)10/h2-3,6,8,14H,4H2,1H3,(H,11,12,13). The second-order valence-corrected chi connectivity index (χ2v) is 2.77. The molecule has 0 saturated heterocycles. The van der Waals surface area contributed by atoms with Crippen LogP contribution in [0.3, 0.4) is 0 Å². The molecule has 0 bridgehead atoms. The molecule has 0 aliphatic carbocycles. The largest absolute Gasteiger partial charge is 0.385 e. The summed E-state index contributed by atoms with van der Waals surface area (Å²) in [5.74, 6) is 0.971. The fourth-order valence-electron chi connectivity index (χ4n) is 0.853. The number of hydrogen-bond acceptors (Lipinski definition) is 4. The quantitative estimate of drug-likeness (QED) is 0.760. The Morgan fingerprint density at radius 1 is 1.57 bits per heavy atom. The van der Waals surface area contributed by atoms with Crippen molar-refractivity contribution < 1.29 is 13.9 Å². The van der Waals surface area contributed by atoms with Crippen molar-refractivity contribution in [3.05, 3.63) is 18.1 Å². The highest BCUT2D eigenvalue weighted by Gasteiger charge is 2.16. The number of aryl methyl sites for hydroxylation is 1. The molecule has 1 heterocycles. The molecule has 2 N–H and O–H groups in total. The Hall–Kier alpha value is -1.30. The van der Waals surface area contributed by atoms with E-state index in [4.69, 9.17) is 5.11 Å². The number of aliphatic hydroxyl groups excluding tert-OH is 1. The van der Waals surface area contributed by atoms with Crippen molar-refractivity contribution in [2.75, 3.05) is 11.9 Å². The fourth-order valence-corrected chi connectivity index (χ4v) is 0.853. The first-order valence-corrected chi connectivity index (χ1v) is 4.09. The molecular weight excluding hydrogens is 192 g/mol. The van der Waals surface area contributed by atoms with Gasteiger partial charge in [-0.2, -0.15) is 0 Å². The maximum Gasteiger partial charge on any atom is 0.265 e. The molecule has 0 aliphatic rings. The van der Waals surface area contributed by atoms with Crippen LogP contribution in [0.15, 0.2) is 12.3 Å². The van der Waals surface area contributed by atoms with E-state index in [1.165, 1.54) is 6.20 Å². The maximum absolute atomic E-state index is 11.9. The Labute approximate surface area is 80.0 Å². The summed E-state index contributed by atoms with van der Waals surface area (Å²) in [6.45, 7) is 1.46. The molecule has 0 amide bonds. The van der Waals surface area contributed by atoms with E-state index in [1.54, 1.807) is 13.0 Å². The zero-order valence-corrected chi connectivity index (χ0v) is 7.61. The van der Waals surface area contributed by atoms with Crippen LogP contribution >= 0.6 is 0 Å². The monoisotopic (exact) mass is 203 g/mol. The molecule has 78 valence electrons. The predicted molar refractivity (Wildman–Crippen MR) is 47.3 cm³/mol. The Bertz CT molecular complexity index is 296. The minimum absolute atomic E-state index is 0.228. The molecule has 0 radical (unpaired) electrons. The van der Waals surface area contributed by atoms with Crippen LogP contribution in [0.1, 0.15) is 5.82 Å². The second-order valence-electron chi connectivity index (χ2n) is 2.77. The normalized spacial score (nSPS) is 12.9. The topological polar surface area (TPSA) is 58.0 Å². The van der Waals surface area contributed by atoms with Gasteiger partial charge in [-0.25, -0.2) is 18.7 Å². The van der Waals surface area contributed by atoms with Crippen LogP contribution in [0.25, 0.3) is 0 Å². The van der Waals surface area contributed by atoms with Gasteiger partial charge in [-0.1, -0.05) is 0 Å². The van der Waals surface area contributed by atoms with Gasteiger partial charge in [-0.3, -0.25) is 0 Å². The van der Waals surface area contributed by atoms with Gasteiger partial charge in [-0.15, -0.1) is 0 Å². The second kappa shape index (κ2) is 4.80. The minimum atomic E-state index is -2.74. The number of halogens is 2. The Kier molecular flexibility index (Phi) is 3.70. The van der Waals surface area contributed by atoms with Crippen molar-refractivity contribution >= 4 is 5.82 Å². The van der Waals surface area contributed by atoms with E-state index in [0.29, 0.717) is 11.6 Å². The molecular formula is C8H11F2N3O. The van der Waals surface area contributed by atoms with E-state index in [-0.39, 0.29) is 6.54 Å². The van der Waals surface area contributed by atoms with Crippen LogP contribution < -0.4 is 5.32 Å². The van der Waals surface area contributed by atoms with Gasteiger partial charge >= 0.3 is 0 Å². The molecule has 1 aromatic rings. The molecule has 0 fully saturated rings. The third-order valence-electron chi connectivity index (χ3n) is 1.56. The first-order chi connectivity index (χ1) is 6.59. The zero-order chi connectivity index (χ0) is 10.6. The number of alkyl halides is 2. The van der Waals surface area contributed by atoms with Crippen molar-refractivity contribution in [1.29, 1.82) is 0 Å². The Morgan fingerprint density at radius 3 is 2.86 bits per heavy atom. The van der Waals surface area contributed by atoms with Gasteiger partial charge in [0, 0.05) is 12.7 Å². The van der Waals surface area contributed by atoms with E-state index in [9.17, 15) is 8.78 Å². The lowest BCUT2D eigenvalue weighted by atomic mass is 10.3. The summed E-state index contributed by atoms with van der Waals surface area (Å²) in [6.07, 6.45) is -2.91. The van der Waals surface area contributed by atoms with Gasteiger partial charge < -0.3 is 10.4 Å². The Morgan fingerprint density at radius 2 is 2.29 bits per heavy atom. The van der Waals surface area contributed by atoms with E-state index < -0.39 is 12.5 Å². The molecule has 1 rings (SSSR count). The summed E-state index contributed by atoms with van der Waals surface area (Å²) >= 11 is 0. The summed E-state index contributed by atoms with van der Waals surface area (Å²) in [4.78, 5) is 7.77. The van der Waals surface area contributed by atoms with E-state index >= 15 is 0 Å². The number of aliphatic hydroxyl groups is 1. The molecule has 1 aromatic heterocycles. The van der Waals surface area contributed by atoms with E-state index in [1.807, 2.05) is 0 Å². The lowest BCUT2D eigenvalue weighted by molar-refractivity contribution is 0.00380. The summed E-state index contributed by atoms with van der Waals surface area (Å²) in [5, 5.41) is 11.4. The summed E-state index contributed by atoms with van der Waals surface area (Å²) < 4.78 is 23.8. The zero-order valence-electron chi connectivity index (χ0n) is 7.61. The molecule has 4 nitrogen and oxygen atoms in total. The fraction of sp³-hybridized carbons (Fsp3) is 0.500. The molecule has 1 unspecified atom stereocenters. The number of rotatable bonds is 4. The van der Waals surface area contributed by atoms with Crippen molar-refractivity contribution in [2.45, 2.75) is 19.5 Å². The van der Waals surface area contributed by atoms with Crippen molar-refractivity contribution in [1.82, 2.24) is 9.97 Å². The van der Waals surface area contributed by atoms with Crippen LogP contribution in [0, 0.1) is 6.92 Å². The average molecular weight is 203 g/mol. The average Bonchev–Trinajstić information content (AvgIpc) is 2.14. The molecule has 0 aliphatic heterocycles. The van der Waals surface area contributed by atoms with Gasteiger partial charge in [-0.05, 0) is 13.0 Å². The SMILES string of the molecule is Cc1nccc(NCC(O)C(F)F)n1. The number of nitrogens with one attached hydrogen (secondary N) is 1. The lowest BCUT2D eigenvalue weighted by Gasteiger charge is -2.10. The van der Waals surface area contributed by atoms with E-state index in [0.717, 1.165) is 0 Å². The van der Waals surface area contributed by atoms with Crippen molar-refractivity contribution in [3.63, 3.8) is 0 Å². The van der Waals surface area contributed by atoms with Crippen LogP contribution in [0.5, 0.6) is 0 Å². The molecule has 0 aromatic carbocycles. The summed E-state index contributed by atoms with van der Waals surface area (Å²) in [7, 11) is 0. The minimum Gasteiger partial charge on any atom is -0.385 e. The van der Waals surface area contributed by atoms with Crippen LogP contribution in [0.2, 0.25) is 0 Å². The highest BCUT2D eigenvalue weighted by atomic mass is 19.3. The molecule has 0 saturated carbocycles. The molecule has 14 heavy (non-hydrogen) atoms. The van der Waals surface area contributed by atoms with Gasteiger partial charge in [0.2, 0.25) is 0 Å². The first-order valence-electron chi connectivity index (χ1n) is 4.09. The van der Waals surface area contributed by atoms with Crippen LogP contribution in [0.4, 0.5) is 14.6 Å². The number of anilines is 1. The third kappa shape index (κ3) is 3.21. The number of nitrogens with zero attached hydrogens (tertiary/aromatic N) is 2. The third-order valence-corrected chi connectivity index (χ3v) is 1.56. The number of hydrogen-bond donors (Lipinski definition) is 2. The highest BCUT2D eigenvalue weighted by molar-refractivity contribution is 5.32. The van der Waals surface area contributed by atoms with Crippen LogP contribution in [-0.2, 0) is 0 Å². The predicted octanol–water partition coefficient (Wildman–Crippen LogP) is 0.823. The summed E-state index contributed by atoms with van der Waals surface area (Å²) in [5.41, 5.74) is 0. The van der Waals surface area contributed by atoms with Crippen LogP contribution in [-0.4, -0.2) is 34.1 Å². The molecule has 0 spiro atoms. The lowest BCUT2D eigenvalue weighted by Crippen LogP contribution is -2.27. The maximum atomic E-state index is 11.9. The van der Waals surface area contributed by atoms with Gasteiger partial charge in [0.15, 0.2) is 0 Å². The molecule has 6 heteroatoms. The smallest absolute Gasteiger partial charge is 0.265 e. The number of aromatic nitrogens is 2. The van der Waals surface area contributed by atoms with E-state index in [2.05, 4.69) is 15.3 Å². The first kappa shape index (κ1) is 10.8. The van der Waals surface area contributed by atoms with Gasteiger partial charge in [0.25, 0.3) is 6.43 Å². The van der Waals surface area contributed by atoms with Crippen molar-refractivity contribution in [3.8, 4) is 0 Å². The van der Waals surface area contributed by atoms with Gasteiger partial charge in [0.05, 0.1) is 0 Å². The van der Waals surface area contributed by atoms with Crippen molar-refractivity contribution in [2.24, 2.45) is 0 Å².